The molecule has 0 radical (unpaired) electrons. The van der Waals surface area contributed by atoms with Crippen molar-refractivity contribution in [2.24, 2.45) is 5.73 Å². The van der Waals surface area contributed by atoms with Crippen LogP contribution >= 0.6 is 0 Å². The SMILES string of the molecule is CC(C)Oc1ccc(C(O)C(N)CC(=O)O)cc1. The first-order chi connectivity index (χ1) is 8.40. The summed E-state index contributed by atoms with van der Waals surface area (Å²) >= 11 is 0. The molecule has 5 heteroatoms. The molecule has 1 aromatic rings. The number of benzene rings is 1. The van der Waals surface area contributed by atoms with Crippen LogP contribution < -0.4 is 10.5 Å². The van der Waals surface area contributed by atoms with Crippen molar-refractivity contribution in [1.82, 2.24) is 0 Å². The Labute approximate surface area is 106 Å². The van der Waals surface area contributed by atoms with Gasteiger partial charge in [0, 0.05) is 6.04 Å². The highest BCUT2D eigenvalue weighted by Crippen LogP contribution is 2.21. The monoisotopic (exact) mass is 253 g/mol. The number of rotatable bonds is 6. The van der Waals surface area contributed by atoms with Gasteiger partial charge in [0.1, 0.15) is 5.75 Å². The number of ether oxygens (including phenoxy) is 1. The number of carboxylic acids is 1. The fourth-order valence-electron chi connectivity index (χ4n) is 1.58. The van der Waals surface area contributed by atoms with Crippen molar-refractivity contribution in [1.29, 1.82) is 0 Å². The normalized spacial score (nSPS) is 14.3. The summed E-state index contributed by atoms with van der Waals surface area (Å²) in [5.41, 5.74) is 6.19. The topological polar surface area (TPSA) is 92.8 Å². The van der Waals surface area contributed by atoms with Gasteiger partial charge in [-0.3, -0.25) is 4.79 Å². The average Bonchev–Trinajstić information content (AvgIpc) is 2.27. The fraction of sp³-hybridized carbons (Fsp3) is 0.462. The van der Waals surface area contributed by atoms with E-state index in [1.807, 2.05) is 13.8 Å². The van der Waals surface area contributed by atoms with Crippen LogP contribution in [-0.2, 0) is 4.79 Å². The quantitative estimate of drug-likeness (QED) is 0.710. The van der Waals surface area contributed by atoms with Crippen LogP contribution in [0.4, 0.5) is 0 Å². The number of hydrogen-bond donors (Lipinski definition) is 3. The van der Waals surface area contributed by atoms with Crippen LogP contribution in [0.2, 0.25) is 0 Å². The molecule has 0 amide bonds. The minimum atomic E-state index is -1.03. The number of nitrogens with two attached hydrogens (primary N) is 1. The molecule has 2 unspecified atom stereocenters. The van der Waals surface area contributed by atoms with E-state index in [-0.39, 0.29) is 12.5 Å². The number of hydrogen-bond acceptors (Lipinski definition) is 4. The summed E-state index contributed by atoms with van der Waals surface area (Å²) in [4.78, 5) is 10.5. The summed E-state index contributed by atoms with van der Waals surface area (Å²) in [6.45, 7) is 3.84. The van der Waals surface area contributed by atoms with Gasteiger partial charge < -0.3 is 20.7 Å². The molecular formula is C13H19NO4. The minimum Gasteiger partial charge on any atom is -0.491 e. The number of aliphatic hydroxyl groups is 1. The third-order valence-electron chi connectivity index (χ3n) is 2.41. The van der Waals surface area contributed by atoms with Gasteiger partial charge >= 0.3 is 5.97 Å². The lowest BCUT2D eigenvalue weighted by Crippen LogP contribution is -2.30. The Bertz CT molecular complexity index is 388. The second-order valence-electron chi connectivity index (χ2n) is 4.44. The summed E-state index contributed by atoms with van der Waals surface area (Å²) in [6.07, 6.45) is -1.19. The van der Waals surface area contributed by atoms with Crippen molar-refractivity contribution < 1.29 is 19.7 Å². The third kappa shape index (κ3) is 4.35. The van der Waals surface area contributed by atoms with E-state index < -0.39 is 18.1 Å². The van der Waals surface area contributed by atoms with Crippen molar-refractivity contribution in [2.45, 2.75) is 38.5 Å². The Balaban J connectivity index is 2.69. The highest BCUT2D eigenvalue weighted by atomic mass is 16.5. The molecule has 0 fully saturated rings. The maximum absolute atomic E-state index is 10.5. The lowest BCUT2D eigenvalue weighted by molar-refractivity contribution is -0.138. The van der Waals surface area contributed by atoms with Crippen molar-refractivity contribution in [2.75, 3.05) is 0 Å². The minimum absolute atomic E-state index is 0.0787. The Morgan fingerprint density at radius 2 is 1.89 bits per heavy atom. The van der Waals surface area contributed by atoms with Crippen molar-refractivity contribution in [3.63, 3.8) is 0 Å². The molecule has 1 rings (SSSR count). The predicted molar refractivity (Wildman–Crippen MR) is 67.4 cm³/mol. The highest BCUT2D eigenvalue weighted by Gasteiger charge is 2.19. The lowest BCUT2D eigenvalue weighted by Gasteiger charge is -2.18. The first-order valence-corrected chi connectivity index (χ1v) is 5.82. The number of aliphatic carboxylic acids is 1. The molecule has 0 aliphatic rings. The molecular weight excluding hydrogens is 234 g/mol. The molecule has 2 atom stereocenters. The van der Waals surface area contributed by atoms with E-state index in [1.165, 1.54) is 0 Å². The van der Waals surface area contributed by atoms with Gasteiger partial charge in [-0.1, -0.05) is 12.1 Å². The van der Waals surface area contributed by atoms with Crippen molar-refractivity contribution in [3.05, 3.63) is 29.8 Å². The van der Waals surface area contributed by atoms with E-state index in [2.05, 4.69) is 0 Å². The fourth-order valence-corrected chi connectivity index (χ4v) is 1.58. The van der Waals surface area contributed by atoms with Crippen LogP contribution in [0.25, 0.3) is 0 Å². The Morgan fingerprint density at radius 1 is 1.33 bits per heavy atom. The largest absolute Gasteiger partial charge is 0.491 e. The maximum atomic E-state index is 10.5. The van der Waals surface area contributed by atoms with E-state index in [0.717, 1.165) is 0 Å². The van der Waals surface area contributed by atoms with Gasteiger partial charge in [0.05, 0.1) is 18.6 Å². The first-order valence-electron chi connectivity index (χ1n) is 5.82. The molecule has 0 bridgehead atoms. The lowest BCUT2D eigenvalue weighted by atomic mass is 10.0. The molecule has 0 spiro atoms. The molecule has 1 aromatic carbocycles. The molecule has 0 heterocycles. The smallest absolute Gasteiger partial charge is 0.305 e. The molecule has 0 aliphatic heterocycles. The van der Waals surface area contributed by atoms with E-state index >= 15 is 0 Å². The Kier molecular flexibility index (Phi) is 5.12. The number of carbonyl (C=O) groups is 1. The van der Waals surface area contributed by atoms with Crippen LogP contribution in [0.5, 0.6) is 5.75 Å². The summed E-state index contributed by atoms with van der Waals surface area (Å²) in [6, 6.07) is 6.01. The molecule has 100 valence electrons. The molecule has 4 N–H and O–H groups in total. The summed E-state index contributed by atoms with van der Waals surface area (Å²) in [7, 11) is 0. The number of aliphatic hydroxyl groups excluding tert-OH is 1. The van der Waals surface area contributed by atoms with Gasteiger partial charge in [-0.05, 0) is 31.5 Å². The standard InChI is InChI=1S/C13H19NO4/c1-8(2)18-10-5-3-9(4-6-10)13(17)11(14)7-12(15)16/h3-6,8,11,13,17H,7,14H2,1-2H3,(H,15,16). The van der Waals surface area contributed by atoms with Crippen LogP contribution in [0, 0.1) is 0 Å². The molecule has 0 aliphatic carbocycles. The van der Waals surface area contributed by atoms with Gasteiger partial charge in [0.2, 0.25) is 0 Å². The van der Waals surface area contributed by atoms with E-state index in [4.69, 9.17) is 15.6 Å². The summed E-state index contributed by atoms with van der Waals surface area (Å²) < 4.78 is 5.47. The molecule has 5 nitrogen and oxygen atoms in total. The van der Waals surface area contributed by atoms with E-state index in [9.17, 15) is 9.90 Å². The second kappa shape index (κ2) is 6.37. The Hall–Kier alpha value is -1.59. The van der Waals surface area contributed by atoms with Crippen LogP contribution in [0.3, 0.4) is 0 Å². The maximum Gasteiger partial charge on any atom is 0.305 e. The molecule has 0 aromatic heterocycles. The van der Waals surface area contributed by atoms with E-state index in [0.29, 0.717) is 11.3 Å². The Morgan fingerprint density at radius 3 is 2.33 bits per heavy atom. The third-order valence-corrected chi connectivity index (χ3v) is 2.41. The summed E-state index contributed by atoms with van der Waals surface area (Å²) in [5, 5.41) is 18.5. The van der Waals surface area contributed by atoms with Crippen molar-refractivity contribution in [3.8, 4) is 5.75 Å². The molecule has 0 saturated carbocycles. The van der Waals surface area contributed by atoms with Gasteiger partial charge in [-0.25, -0.2) is 0 Å². The van der Waals surface area contributed by atoms with Gasteiger partial charge in [0.15, 0.2) is 0 Å². The van der Waals surface area contributed by atoms with Crippen LogP contribution in [0.1, 0.15) is 31.9 Å². The average molecular weight is 253 g/mol. The highest BCUT2D eigenvalue weighted by molar-refractivity contribution is 5.67. The second-order valence-corrected chi connectivity index (χ2v) is 4.44. The number of carboxylic acid groups (broad SMARTS) is 1. The zero-order valence-corrected chi connectivity index (χ0v) is 10.5. The van der Waals surface area contributed by atoms with Gasteiger partial charge in [-0.15, -0.1) is 0 Å². The van der Waals surface area contributed by atoms with Gasteiger partial charge in [0.25, 0.3) is 0 Å². The van der Waals surface area contributed by atoms with E-state index in [1.54, 1.807) is 24.3 Å². The molecule has 0 saturated heterocycles. The predicted octanol–water partition coefficient (Wildman–Crippen LogP) is 1.31. The van der Waals surface area contributed by atoms with Crippen LogP contribution in [-0.4, -0.2) is 28.3 Å². The zero-order chi connectivity index (χ0) is 13.7. The first kappa shape index (κ1) is 14.5. The zero-order valence-electron chi connectivity index (χ0n) is 10.5. The van der Waals surface area contributed by atoms with Gasteiger partial charge in [-0.2, -0.15) is 0 Å². The molecule has 18 heavy (non-hydrogen) atoms. The van der Waals surface area contributed by atoms with Crippen molar-refractivity contribution >= 4 is 5.97 Å². The summed E-state index contributed by atoms with van der Waals surface area (Å²) in [5.74, 6) is -0.325. The van der Waals surface area contributed by atoms with Crippen LogP contribution in [0.15, 0.2) is 24.3 Å².